The molecule has 2 nitrogen and oxygen atoms in total. The molecular formula is C9H7BrCl3NO. The molecule has 0 radical (unpaired) electrons. The van der Waals surface area contributed by atoms with Crippen LogP contribution in [0.1, 0.15) is 10.4 Å². The number of rotatable bonds is 3. The number of alkyl halides is 2. The van der Waals surface area contributed by atoms with E-state index < -0.39 is 4.84 Å². The quantitative estimate of drug-likeness (QED) is 0.842. The van der Waals surface area contributed by atoms with Gasteiger partial charge in [-0.05, 0) is 34.1 Å². The van der Waals surface area contributed by atoms with Gasteiger partial charge in [-0.3, -0.25) is 4.79 Å². The number of benzene rings is 1. The van der Waals surface area contributed by atoms with Crippen molar-refractivity contribution in [2.75, 3.05) is 6.54 Å². The maximum atomic E-state index is 11.5. The van der Waals surface area contributed by atoms with Crippen molar-refractivity contribution < 1.29 is 4.79 Å². The number of hydrogen-bond donors (Lipinski definition) is 1. The largest absolute Gasteiger partial charge is 0.349 e. The Morgan fingerprint density at radius 3 is 2.67 bits per heavy atom. The average Bonchev–Trinajstić information content (AvgIpc) is 2.18. The van der Waals surface area contributed by atoms with Gasteiger partial charge in [0.2, 0.25) is 0 Å². The van der Waals surface area contributed by atoms with E-state index in [0.29, 0.717) is 15.1 Å². The first kappa shape index (κ1) is 13.1. The van der Waals surface area contributed by atoms with Crippen LogP contribution < -0.4 is 5.32 Å². The lowest BCUT2D eigenvalue weighted by molar-refractivity contribution is 0.0955. The summed E-state index contributed by atoms with van der Waals surface area (Å²) in [6.45, 7) is 0.211. The van der Waals surface area contributed by atoms with Gasteiger partial charge >= 0.3 is 0 Å². The summed E-state index contributed by atoms with van der Waals surface area (Å²) in [4.78, 5) is 10.9. The molecule has 1 aromatic rings. The van der Waals surface area contributed by atoms with Crippen LogP contribution in [0.15, 0.2) is 22.7 Å². The van der Waals surface area contributed by atoms with Gasteiger partial charge in [0.1, 0.15) is 4.84 Å². The summed E-state index contributed by atoms with van der Waals surface area (Å²) in [6.07, 6.45) is 0. The predicted molar refractivity (Wildman–Crippen MR) is 67.0 cm³/mol. The Balaban J connectivity index is 2.70. The first-order valence-electron chi connectivity index (χ1n) is 4.02. The summed E-state index contributed by atoms with van der Waals surface area (Å²) in [5.41, 5.74) is 0.500. The molecule has 0 aliphatic rings. The number of nitrogens with one attached hydrogen (secondary N) is 1. The van der Waals surface area contributed by atoms with Crippen molar-refractivity contribution in [1.29, 1.82) is 0 Å². The van der Waals surface area contributed by atoms with Crippen LogP contribution >= 0.6 is 50.7 Å². The molecular weight excluding hydrogens is 324 g/mol. The fourth-order valence-electron chi connectivity index (χ4n) is 0.909. The zero-order chi connectivity index (χ0) is 11.4. The van der Waals surface area contributed by atoms with Crippen LogP contribution in [0.4, 0.5) is 0 Å². The highest BCUT2D eigenvalue weighted by atomic mass is 79.9. The van der Waals surface area contributed by atoms with E-state index in [0.717, 1.165) is 0 Å². The normalized spacial score (nSPS) is 10.5. The Kier molecular flexibility index (Phi) is 5.19. The van der Waals surface area contributed by atoms with Crippen LogP contribution in [0.25, 0.3) is 0 Å². The molecule has 0 saturated heterocycles. The third-order valence-electron chi connectivity index (χ3n) is 1.60. The van der Waals surface area contributed by atoms with Gasteiger partial charge in [0.05, 0.1) is 5.02 Å². The molecule has 0 fully saturated rings. The third-order valence-corrected chi connectivity index (χ3v) is 3.12. The molecule has 1 amide bonds. The van der Waals surface area contributed by atoms with Gasteiger partial charge in [-0.2, -0.15) is 0 Å². The van der Waals surface area contributed by atoms with Gasteiger partial charge in [-0.15, -0.1) is 23.2 Å². The molecule has 0 unspecified atom stereocenters. The highest BCUT2D eigenvalue weighted by Crippen LogP contribution is 2.23. The van der Waals surface area contributed by atoms with Crippen molar-refractivity contribution in [3.05, 3.63) is 33.3 Å². The average molecular weight is 331 g/mol. The second-order valence-corrected chi connectivity index (χ2v) is 5.27. The standard InChI is InChI=1S/C9H7BrCl3NO/c10-6-3-5(1-2-7(6)11)9(15)14-4-8(12)13/h1-3,8H,4H2,(H,14,15). The number of carbonyl (C=O) groups is 1. The van der Waals surface area contributed by atoms with E-state index in [1.165, 1.54) is 0 Å². The lowest BCUT2D eigenvalue weighted by Gasteiger charge is -2.06. The van der Waals surface area contributed by atoms with E-state index in [1.54, 1.807) is 18.2 Å². The third kappa shape index (κ3) is 4.19. The molecule has 0 bridgehead atoms. The van der Waals surface area contributed by atoms with E-state index >= 15 is 0 Å². The Labute approximate surface area is 111 Å². The van der Waals surface area contributed by atoms with Crippen molar-refractivity contribution in [1.82, 2.24) is 5.32 Å². The van der Waals surface area contributed by atoms with E-state index in [9.17, 15) is 4.79 Å². The fraction of sp³-hybridized carbons (Fsp3) is 0.222. The molecule has 0 spiro atoms. The minimum atomic E-state index is -0.607. The molecule has 82 valence electrons. The molecule has 0 aliphatic carbocycles. The summed E-state index contributed by atoms with van der Waals surface area (Å²) in [5.74, 6) is -0.237. The Morgan fingerprint density at radius 1 is 1.47 bits per heavy atom. The molecule has 6 heteroatoms. The van der Waals surface area contributed by atoms with Crippen molar-refractivity contribution in [3.8, 4) is 0 Å². The monoisotopic (exact) mass is 329 g/mol. The van der Waals surface area contributed by atoms with E-state index in [1.807, 2.05) is 0 Å². The molecule has 0 atom stereocenters. The number of hydrogen-bond acceptors (Lipinski definition) is 1. The van der Waals surface area contributed by atoms with E-state index in [2.05, 4.69) is 21.2 Å². The maximum absolute atomic E-state index is 11.5. The first-order valence-corrected chi connectivity index (χ1v) is 6.06. The van der Waals surface area contributed by atoms with Gasteiger partial charge < -0.3 is 5.32 Å². The highest BCUT2D eigenvalue weighted by molar-refractivity contribution is 9.10. The topological polar surface area (TPSA) is 29.1 Å². The van der Waals surface area contributed by atoms with Crippen molar-refractivity contribution in [2.45, 2.75) is 4.84 Å². The second-order valence-electron chi connectivity index (χ2n) is 2.73. The van der Waals surface area contributed by atoms with Crippen LogP contribution in [0.5, 0.6) is 0 Å². The van der Waals surface area contributed by atoms with Crippen LogP contribution in [0.2, 0.25) is 5.02 Å². The second kappa shape index (κ2) is 5.94. The lowest BCUT2D eigenvalue weighted by atomic mass is 10.2. The van der Waals surface area contributed by atoms with Crippen molar-refractivity contribution in [2.24, 2.45) is 0 Å². The lowest BCUT2D eigenvalue weighted by Crippen LogP contribution is -2.27. The minimum Gasteiger partial charge on any atom is -0.349 e. The molecule has 0 aliphatic heterocycles. The van der Waals surface area contributed by atoms with E-state index in [-0.39, 0.29) is 12.5 Å². The minimum absolute atomic E-state index is 0.211. The van der Waals surface area contributed by atoms with Crippen molar-refractivity contribution in [3.63, 3.8) is 0 Å². The smallest absolute Gasteiger partial charge is 0.251 e. The van der Waals surface area contributed by atoms with Crippen LogP contribution in [-0.4, -0.2) is 17.3 Å². The van der Waals surface area contributed by atoms with E-state index in [4.69, 9.17) is 34.8 Å². The summed E-state index contributed by atoms with van der Waals surface area (Å²) in [7, 11) is 0. The summed E-state index contributed by atoms with van der Waals surface area (Å²) in [6, 6.07) is 4.90. The van der Waals surface area contributed by atoms with Crippen molar-refractivity contribution >= 4 is 56.6 Å². The zero-order valence-corrected chi connectivity index (χ0v) is 11.3. The summed E-state index contributed by atoms with van der Waals surface area (Å²) < 4.78 is 0.671. The van der Waals surface area contributed by atoms with Gasteiger partial charge in [0.15, 0.2) is 0 Å². The maximum Gasteiger partial charge on any atom is 0.251 e. The first-order chi connectivity index (χ1) is 7.00. The van der Waals surface area contributed by atoms with Crippen LogP contribution in [0, 0.1) is 0 Å². The van der Waals surface area contributed by atoms with Crippen LogP contribution in [-0.2, 0) is 0 Å². The molecule has 1 aromatic carbocycles. The summed E-state index contributed by atoms with van der Waals surface area (Å²) in [5, 5.41) is 3.13. The van der Waals surface area contributed by atoms with Gasteiger partial charge in [0, 0.05) is 16.6 Å². The zero-order valence-electron chi connectivity index (χ0n) is 7.44. The van der Waals surface area contributed by atoms with Crippen LogP contribution in [0.3, 0.4) is 0 Å². The molecule has 1 N–H and O–H groups in total. The molecule has 0 aromatic heterocycles. The Bertz CT molecular complexity index is 370. The van der Waals surface area contributed by atoms with Gasteiger partial charge in [-0.1, -0.05) is 11.6 Å². The molecule has 1 rings (SSSR count). The SMILES string of the molecule is O=C(NCC(Cl)Cl)c1ccc(Cl)c(Br)c1. The molecule has 0 heterocycles. The molecule has 0 saturated carbocycles. The highest BCUT2D eigenvalue weighted by Gasteiger charge is 2.08. The fourth-order valence-corrected chi connectivity index (χ4v) is 1.56. The predicted octanol–water partition coefficient (Wildman–Crippen LogP) is 3.64. The number of amides is 1. The molecule has 15 heavy (non-hydrogen) atoms. The number of carbonyl (C=O) groups excluding carboxylic acids is 1. The Morgan fingerprint density at radius 2 is 2.13 bits per heavy atom. The summed E-state index contributed by atoms with van der Waals surface area (Å²) >= 11 is 20.0. The number of halogens is 4. The van der Waals surface area contributed by atoms with Gasteiger partial charge in [0.25, 0.3) is 5.91 Å². The Hall–Kier alpha value is 0.0400. The van der Waals surface area contributed by atoms with Gasteiger partial charge in [-0.25, -0.2) is 0 Å².